The molecule has 1 heterocycles. The number of nitro groups is 1. The average Bonchev–Trinajstić information content (AvgIpc) is 2.66. The van der Waals surface area contributed by atoms with Crippen molar-refractivity contribution in [3.05, 3.63) is 39.7 Å². The quantitative estimate of drug-likeness (QED) is 0.659. The molecular weight excluding hydrogens is 275 g/mol. The van der Waals surface area contributed by atoms with Crippen molar-refractivity contribution in [3.8, 4) is 0 Å². The van der Waals surface area contributed by atoms with E-state index >= 15 is 0 Å². The van der Waals surface area contributed by atoms with Crippen LogP contribution in [0.4, 0.5) is 10.1 Å². The van der Waals surface area contributed by atoms with Crippen molar-refractivity contribution in [1.29, 1.82) is 0 Å². The molecule has 1 aromatic carbocycles. The summed E-state index contributed by atoms with van der Waals surface area (Å²) in [6.07, 6.45) is 0.478. The summed E-state index contributed by atoms with van der Waals surface area (Å²) in [6, 6.07) is 3.00. The highest BCUT2D eigenvalue weighted by Crippen LogP contribution is 2.20. The number of hydrogen-bond donors (Lipinski definition) is 1. The van der Waals surface area contributed by atoms with Crippen LogP contribution in [-0.4, -0.2) is 30.9 Å². The zero-order valence-electron chi connectivity index (χ0n) is 10.0. The molecule has 1 aliphatic rings. The molecule has 104 valence electrons. The van der Waals surface area contributed by atoms with Crippen molar-refractivity contribution in [2.45, 2.75) is 19.0 Å². The van der Waals surface area contributed by atoms with Gasteiger partial charge in [-0.3, -0.25) is 10.1 Å². The van der Waals surface area contributed by atoms with Crippen LogP contribution in [0.15, 0.2) is 18.2 Å². The lowest BCUT2D eigenvalue weighted by atomic mass is 10.1. The van der Waals surface area contributed by atoms with Gasteiger partial charge in [0.15, 0.2) is 9.84 Å². The first-order valence-electron chi connectivity index (χ1n) is 5.74. The van der Waals surface area contributed by atoms with Crippen molar-refractivity contribution in [2.75, 3.05) is 11.5 Å². The molecule has 1 atom stereocenters. The van der Waals surface area contributed by atoms with E-state index in [1.807, 2.05) is 0 Å². The van der Waals surface area contributed by atoms with E-state index in [4.69, 9.17) is 0 Å². The minimum Gasteiger partial charge on any atom is -0.309 e. The average molecular weight is 288 g/mol. The van der Waals surface area contributed by atoms with Gasteiger partial charge in [-0.25, -0.2) is 12.8 Å². The highest BCUT2D eigenvalue weighted by molar-refractivity contribution is 7.91. The van der Waals surface area contributed by atoms with E-state index in [2.05, 4.69) is 5.32 Å². The molecular formula is C11H13FN2O4S. The molecule has 1 N–H and O–H groups in total. The largest absolute Gasteiger partial charge is 0.309 e. The van der Waals surface area contributed by atoms with Gasteiger partial charge in [-0.2, -0.15) is 0 Å². The topological polar surface area (TPSA) is 89.3 Å². The van der Waals surface area contributed by atoms with Crippen LogP contribution >= 0.6 is 0 Å². The molecule has 1 aromatic rings. The van der Waals surface area contributed by atoms with Crippen LogP contribution in [0, 0.1) is 15.9 Å². The standard InChI is InChI=1S/C11H13FN2O4S/c12-9-1-2-11(14(15)16)8(5-9)6-13-10-3-4-19(17,18)7-10/h1-2,5,10,13H,3-4,6-7H2. The number of hydrogen-bond acceptors (Lipinski definition) is 5. The maximum Gasteiger partial charge on any atom is 0.274 e. The summed E-state index contributed by atoms with van der Waals surface area (Å²) >= 11 is 0. The number of halogens is 1. The van der Waals surface area contributed by atoms with Gasteiger partial charge in [-0.15, -0.1) is 0 Å². The lowest BCUT2D eigenvalue weighted by molar-refractivity contribution is -0.385. The molecule has 0 spiro atoms. The van der Waals surface area contributed by atoms with Crippen LogP contribution in [0.2, 0.25) is 0 Å². The van der Waals surface area contributed by atoms with Gasteiger partial charge in [0.2, 0.25) is 0 Å². The Morgan fingerprint density at radius 1 is 1.47 bits per heavy atom. The van der Waals surface area contributed by atoms with Gasteiger partial charge in [0.1, 0.15) is 5.82 Å². The van der Waals surface area contributed by atoms with Crippen molar-refractivity contribution < 1.29 is 17.7 Å². The van der Waals surface area contributed by atoms with Crippen molar-refractivity contribution >= 4 is 15.5 Å². The molecule has 0 aromatic heterocycles. The Labute approximate surface area is 109 Å². The molecule has 1 fully saturated rings. The SMILES string of the molecule is O=[N+]([O-])c1ccc(F)cc1CNC1CCS(=O)(=O)C1. The Morgan fingerprint density at radius 2 is 2.21 bits per heavy atom. The van der Waals surface area contributed by atoms with Gasteiger partial charge in [0.25, 0.3) is 5.69 Å². The summed E-state index contributed by atoms with van der Waals surface area (Å²) in [6.45, 7) is 0.0776. The molecule has 0 bridgehead atoms. The zero-order valence-corrected chi connectivity index (χ0v) is 10.8. The molecule has 0 radical (unpaired) electrons. The van der Waals surface area contributed by atoms with Crippen LogP contribution in [0.1, 0.15) is 12.0 Å². The first-order valence-corrected chi connectivity index (χ1v) is 7.56. The van der Waals surface area contributed by atoms with E-state index in [-0.39, 0.29) is 35.3 Å². The van der Waals surface area contributed by atoms with Gasteiger partial charge in [-0.05, 0) is 18.6 Å². The lowest BCUT2D eigenvalue weighted by Gasteiger charge is -2.10. The molecule has 8 heteroatoms. The van der Waals surface area contributed by atoms with Crippen molar-refractivity contribution in [1.82, 2.24) is 5.32 Å². The monoisotopic (exact) mass is 288 g/mol. The van der Waals surface area contributed by atoms with Gasteiger partial charge in [0.05, 0.1) is 16.4 Å². The summed E-state index contributed by atoms with van der Waals surface area (Å²) in [5, 5.41) is 13.7. The molecule has 1 aliphatic heterocycles. The minimum absolute atomic E-state index is 0.0239. The first kappa shape index (κ1) is 13.9. The fraction of sp³-hybridized carbons (Fsp3) is 0.455. The summed E-state index contributed by atoms with van der Waals surface area (Å²) in [4.78, 5) is 10.2. The van der Waals surface area contributed by atoms with Gasteiger partial charge in [-0.1, -0.05) is 0 Å². The third-order valence-electron chi connectivity index (χ3n) is 3.05. The minimum atomic E-state index is -3.00. The molecule has 6 nitrogen and oxygen atoms in total. The predicted octanol–water partition coefficient (Wildman–Crippen LogP) is 1.01. The van der Waals surface area contributed by atoms with Crippen LogP contribution in [0.5, 0.6) is 0 Å². The second kappa shape index (κ2) is 5.22. The van der Waals surface area contributed by atoms with Crippen molar-refractivity contribution in [3.63, 3.8) is 0 Å². The van der Waals surface area contributed by atoms with E-state index in [1.54, 1.807) is 0 Å². The van der Waals surface area contributed by atoms with E-state index < -0.39 is 20.6 Å². The highest BCUT2D eigenvalue weighted by atomic mass is 32.2. The Kier molecular flexibility index (Phi) is 3.81. The Balaban J connectivity index is 2.07. The number of sulfone groups is 1. The van der Waals surface area contributed by atoms with Gasteiger partial charge in [0, 0.05) is 24.2 Å². The smallest absolute Gasteiger partial charge is 0.274 e. The number of nitrogens with one attached hydrogen (secondary N) is 1. The second-order valence-electron chi connectivity index (χ2n) is 4.51. The second-order valence-corrected chi connectivity index (χ2v) is 6.74. The molecule has 1 unspecified atom stereocenters. The predicted molar refractivity (Wildman–Crippen MR) is 67.0 cm³/mol. The maximum absolute atomic E-state index is 13.1. The summed E-state index contributed by atoms with van der Waals surface area (Å²) in [5.41, 5.74) is 0.0454. The molecule has 0 aliphatic carbocycles. The number of nitro benzene ring substituents is 1. The van der Waals surface area contributed by atoms with Crippen LogP contribution in [-0.2, 0) is 16.4 Å². The third-order valence-corrected chi connectivity index (χ3v) is 4.82. The fourth-order valence-corrected chi connectivity index (χ4v) is 3.79. The zero-order chi connectivity index (χ0) is 14.0. The molecule has 0 saturated carbocycles. The molecule has 19 heavy (non-hydrogen) atoms. The molecule has 2 rings (SSSR count). The Morgan fingerprint density at radius 3 is 2.79 bits per heavy atom. The Hall–Kier alpha value is -1.54. The van der Waals surface area contributed by atoms with E-state index in [0.717, 1.165) is 18.2 Å². The molecule has 0 amide bonds. The Bertz CT molecular complexity index is 603. The number of rotatable bonds is 4. The normalized spacial score (nSPS) is 21.4. The summed E-state index contributed by atoms with van der Waals surface area (Å²) in [5.74, 6) is -0.409. The highest BCUT2D eigenvalue weighted by Gasteiger charge is 2.27. The van der Waals surface area contributed by atoms with Crippen LogP contribution in [0.25, 0.3) is 0 Å². The van der Waals surface area contributed by atoms with Gasteiger partial charge < -0.3 is 5.32 Å². The fourth-order valence-electron chi connectivity index (χ4n) is 2.08. The lowest BCUT2D eigenvalue weighted by Crippen LogP contribution is -2.29. The van der Waals surface area contributed by atoms with E-state index in [0.29, 0.717) is 6.42 Å². The number of nitrogens with zero attached hydrogens (tertiary/aromatic N) is 1. The summed E-state index contributed by atoms with van der Waals surface area (Å²) < 4.78 is 35.6. The van der Waals surface area contributed by atoms with Crippen LogP contribution < -0.4 is 5.32 Å². The maximum atomic E-state index is 13.1. The third kappa shape index (κ3) is 3.48. The van der Waals surface area contributed by atoms with Crippen LogP contribution in [0.3, 0.4) is 0 Å². The van der Waals surface area contributed by atoms with Crippen molar-refractivity contribution in [2.24, 2.45) is 0 Å². The number of benzene rings is 1. The van der Waals surface area contributed by atoms with E-state index in [9.17, 15) is 22.9 Å². The first-order chi connectivity index (χ1) is 8.87. The molecule has 1 saturated heterocycles. The van der Waals surface area contributed by atoms with Gasteiger partial charge >= 0.3 is 0 Å². The van der Waals surface area contributed by atoms with E-state index in [1.165, 1.54) is 0 Å². The summed E-state index contributed by atoms with van der Waals surface area (Å²) in [7, 11) is -3.00.